The van der Waals surface area contributed by atoms with Crippen LogP contribution in [0.3, 0.4) is 0 Å². The first-order valence-corrected chi connectivity index (χ1v) is 6.66. The van der Waals surface area contributed by atoms with Gasteiger partial charge in [0.2, 0.25) is 0 Å². The molecule has 92 valence electrons. The van der Waals surface area contributed by atoms with E-state index >= 15 is 0 Å². The number of fused-ring (bicyclic) bond motifs is 1. The van der Waals surface area contributed by atoms with Gasteiger partial charge in [0.05, 0.1) is 0 Å². The SMILES string of the molecule is CCCC(CCC)N1Cc2ccccc2C1=O. The van der Waals surface area contributed by atoms with Crippen molar-refractivity contribution in [3.8, 4) is 0 Å². The fraction of sp³-hybridized carbons (Fsp3) is 0.533. The predicted octanol–water partition coefficient (Wildman–Crippen LogP) is 3.61. The van der Waals surface area contributed by atoms with Gasteiger partial charge < -0.3 is 4.90 Å². The fourth-order valence-electron chi connectivity index (χ4n) is 2.69. The molecule has 0 spiro atoms. The van der Waals surface area contributed by atoms with Gasteiger partial charge in [0.1, 0.15) is 0 Å². The first-order chi connectivity index (χ1) is 8.27. The molecule has 1 aromatic rings. The number of hydrogen-bond acceptors (Lipinski definition) is 1. The van der Waals surface area contributed by atoms with Crippen LogP contribution in [0.25, 0.3) is 0 Å². The van der Waals surface area contributed by atoms with Crippen molar-refractivity contribution in [1.82, 2.24) is 4.90 Å². The number of hydrogen-bond donors (Lipinski definition) is 0. The van der Waals surface area contributed by atoms with Crippen molar-refractivity contribution >= 4 is 5.91 Å². The van der Waals surface area contributed by atoms with E-state index in [0.717, 1.165) is 37.8 Å². The van der Waals surface area contributed by atoms with Crippen molar-refractivity contribution in [2.24, 2.45) is 0 Å². The quantitative estimate of drug-likeness (QED) is 0.758. The molecule has 1 aliphatic rings. The van der Waals surface area contributed by atoms with E-state index < -0.39 is 0 Å². The summed E-state index contributed by atoms with van der Waals surface area (Å²) in [5.74, 6) is 0.229. The lowest BCUT2D eigenvalue weighted by molar-refractivity contribution is 0.0682. The van der Waals surface area contributed by atoms with Crippen LogP contribution in [0, 0.1) is 0 Å². The minimum absolute atomic E-state index is 0.229. The van der Waals surface area contributed by atoms with Crippen LogP contribution in [0.2, 0.25) is 0 Å². The van der Waals surface area contributed by atoms with Crippen LogP contribution < -0.4 is 0 Å². The maximum absolute atomic E-state index is 12.3. The molecule has 2 rings (SSSR count). The zero-order chi connectivity index (χ0) is 12.3. The number of carbonyl (C=O) groups is 1. The van der Waals surface area contributed by atoms with E-state index in [9.17, 15) is 4.79 Å². The number of benzene rings is 1. The Balaban J connectivity index is 2.17. The third-order valence-electron chi connectivity index (χ3n) is 3.53. The van der Waals surface area contributed by atoms with Gasteiger partial charge in [0.25, 0.3) is 5.91 Å². The van der Waals surface area contributed by atoms with E-state index in [-0.39, 0.29) is 5.91 Å². The second kappa shape index (κ2) is 5.35. The molecule has 1 heterocycles. The molecule has 0 fully saturated rings. The highest BCUT2D eigenvalue weighted by Crippen LogP contribution is 2.27. The van der Waals surface area contributed by atoms with E-state index in [4.69, 9.17) is 0 Å². The lowest BCUT2D eigenvalue weighted by Crippen LogP contribution is -2.35. The van der Waals surface area contributed by atoms with Crippen LogP contribution >= 0.6 is 0 Å². The third kappa shape index (κ3) is 2.36. The Labute approximate surface area is 104 Å². The van der Waals surface area contributed by atoms with Gasteiger partial charge in [-0.25, -0.2) is 0 Å². The second-order valence-electron chi connectivity index (χ2n) is 4.82. The second-order valence-corrected chi connectivity index (χ2v) is 4.82. The summed E-state index contributed by atoms with van der Waals surface area (Å²) in [6.45, 7) is 5.19. The van der Waals surface area contributed by atoms with Crippen LogP contribution in [0.5, 0.6) is 0 Å². The molecule has 0 atom stereocenters. The average Bonchev–Trinajstić information content (AvgIpc) is 2.67. The smallest absolute Gasteiger partial charge is 0.254 e. The van der Waals surface area contributed by atoms with Gasteiger partial charge >= 0.3 is 0 Å². The van der Waals surface area contributed by atoms with Crippen molar-refractivity contribution in [2.75, 3.05) is 0 Å². The zero-order valence-electron chi connectivity index (χ0n) is 10.8. The Morgan fingerprint density at radius 2 is 1.82 bits per heavy atom. The summed E-state index contributed by atoms with van der Waals surface area (Å²) in [5, 5.41) is 0. The summed E-state index contributed by atoms with van der Waals surface area (Å²) < 4.78 is 0. The Morgan fingerprint density at radius 1 is 1.18 bits per heavy atom. The number of carbonyl (C=O) groups excluding carboxylic acids is 1. The molecule has 1 aromatic carbocycles. The normalized spacial score (nSPS) is 14.5. The summed E-state index contributed by atoms with van der Waals surface area (Å²) in [4.78, 5) is 14.4. The van der Waals surface area contributed by atoms with Crippen LogP contribution in [0.15, 0.2) is 24.3 Å². The monoisotopic (exact) mass is 231 g/mol. The van der Waals surface area contributed by atoms with E-state index in [0.29, 0.717) is 6.04 Å². The molecule has 17 heavy (non-hydrogen) atoms. The Hall–Kier alpha value is -1.31. The van der Waals surface area contributed by atoms with E-state index in [2.05, 4.69) is 24.8 Å². The molecule has 0 radical (unpaired) electrons. The largest absolute Gasteiger partial charge is 0.331 e. The van der Waals surface area contributed by atoms with Gasteiger partial charge in [-0.3, -0.25) is 4.79 Å². The van der Waals surface area contributed by atoms with Crippen LogP contribution in [-0.4, -0.2) is 16.8 Å². The number of amides is 1. The van der Waals surface area contributed by atoms with Crippen molar-refractivity contribution in [1.29, 1.82) is 0 Å². The molecule has 0 saturated carbocycles. The maximum atomic E-state index is 12.3. The molecule has 0 aromatic heterocycles. The molecule has 0 bridgehead atoms. The Bertz CT molecular complexity index is 394. The molecular weight excluding hydrogens is 210 g/mol. The number of nitrogens with zero attached hydrogens (tertiary/aromatic N) is 1. The summed E-state index contributed by atoms with van der Waals surface area (Å²) in [6.07, 6.45) is 4.52. The highest BCUT2D eigenvalue weighted by molar-refractivity contribution is 5.98. The topological polar surface area (TPSA) is 20.3 Å². The van der Waals surface area contributed by atoms with Crippen molar-refractivity contribution in [3.63, 3.8) is 0 Å². The van der Waals surface area contributed by atoms with E-state index in [1.54, 1.807) is 0 Å². The standard InChI is InChI=1S/C15H21NO/c1-3-7-13(8-4-2)16-11-12-9-5-6-10-14(12)15(16)17/h5-6,9-10,13H,3-4,7-8,11H2,1-2H3. The van der Waals surface area contributed by atoms with Gasteiger partial charge in [-0.15, -0.1) is 0 Å². The van der Waals surface area contributed by atoms with Crippen LogP contribution in [0.4, 0.5) is 0 Å². The van der Waals surface area contributed by atoms with Gasteiger partial charge in [-0.05, 0) is 24.5 Å². The van der Waals surface area contributed by atoms with Crippen LogP contribution in [0.1, 0.15) is 55.5 Å². The van der Waals surface area contributed by atoms with Crippen molar-refractivity contribution in [2.45, 2.75) is 52.1 Å². The first-order valence-electron chi connectivity index (χ1n) is 6.66. The molecular formula is C15H21NO. The lowest BCUT2D eigenvalue weighted by Gasteiger charge is -2.27. The lowest BCUT2D eigenvalue weighted by atomic mass is 10.1. The van der Waals surface area contributed by atoms with E-state index in [1.807, 2.05) is 18.2 Å². The molecule has 0 aliphatic carbocycles. The van der Waals surface area contributed by atoms with E-state index in [1.165, 1.54) is 5.56 Å². The summed E-state index contributed by atoms with van der Waals surface area (Å²) in [6, 6.07) is 8.42. The number of rotatable bonds is 5. The molecule has 0 unspecified atom stereocenters. The summed E-state index contributed by atoms with van der Waals surface area (Å²) in [7, 11) is 0. The average molecular weight is 231 g/mol. The Morgan fingerprint density at radius 3 is 2.41 bits per heavy atom. The first kappa shape index (κ1) is 12.2. The summed E-state index contributed by atoms with van der Waals surface area (Å²) >= 11 is 0. The summed E-state index contributed by atoms with van der Waals surface area (Å²) in [5.41, 5.74) is 2.10. The third-order valence-corrected chi connectivity index (χ3v) is 3.53. The van der Waals surface area contributed by atoms with Gasteiger partial charge in [-0.1, -0.05) is 44.9 Å². The van der Waals surface area contributed by atoms with Crippen molar-refractivity contribution in [3.05, 3.63) is 35.4 Å². The minimum atomic E-state index is 0.229. The molecule has 2 heteroatoms. The highest BCUT2D eigenvalue weighted by Gasteiger charge is 2.31. The molecule has 1 amide bonds. The minimum Gasteiger partial charge on any atom is -0.331 e. The molecule has 1 aliphatic heterocycles. The van der Waals surface area contributed by atoms with Crippen molar-refractivity contribution < 1.29 is 4.79 Å². The highest BCUT2D eigenvalue weighted by atomic mass is 16.2. The van der Waals surface area contributed by atoms with Gasteiger partial charge in [-0.2, -0.15) is 0 Å². The molecule has 0 saturated heterocycles. The molecule has 0 N–H and O–H groups in total. The van der Waals surface area contributed by atoms with Crippen LogP contribution in [-0.2, 0) is 6.54 Å². The van der Waals surface area contributed by atoms with Gasteiger partial charge in [0.15, 0.2) is 0 Å². The fourth-order valence-corrected chi connectivity index (χ4v) is 2.69. The Kier molecular flexibility index (Phi) is 3.82. The predicted molar refractivity (Wildman–Crippen MR) is 69.9 cm³/mol. The van der Waals surface area contributed by atoms with Gasteiger partial charge in [0, 0.05) is 18.2 Å². The maximum Gasteiger partial charge on any atom is 0.254 e. The zero-order valence-corrected chi connectivity index (χ0v) is 10.8. The molecule has 2 nitrogen and oxygen atoms in total.